The van der Waals surface area contributed by atoms with Crippen molar-refractivity contribution in [2.75, 3.05) is 19.6 Å². The molecule has 1 aliphatic rings. The van der Waals surface area contributed by atoms with Gasteiger partial charge in [-0.05, 0) is 49.1 Å². The second kappa shape index (κ2) is 8.82. The molecule has 0 saturated carbocycles. The Bertz CT molecular complexity index is 660. The first kappa shape index (κ1) is 17.7. The van der Waals surface area contributed by atoms with Crippen molar-refractivity contribution in [2.24, 2.45) is 0 Å². The third-order valence-electron chi connectivity index (χ3n) is 4.79. The number of hydrogen-bond donors (Lipinski definition) is 0. The average Bonchev–Trinajstić information content (AvgIpc) is 3.17. The molecule has 0 N–H and O–H groups in total. The molecule has 1 saturated heterocycles. The van der Waals surface area contributed by atoms with E-state index in [4.69, 9.17) is 0 Å². The van der Waals surface area contributed by atoms with Gasteiger partial charge in [-0.2, -0.15) is 0 Å². The van der Waals surface area contributed by atoms with Crippen LogP contribution in [0.3, 0.4) is 0 Å². The first-order valence-electron chi connectivity index (χ1n) is 9.41. The third-order valence-corrected chi connectivity index (χ3v) is 4.79. The van der Waals surface area contributed by atoms with Crippen molar-refractivity contribution in [1.82, 2.24) is 9.80 Å². The number of amides is 1. The molecule has 3 heteroatoms. The number of hydrogen-bond acceptors (Lipinski definition) is 2. The lowest BCUT2D eigenvalue weighted by Crippen LogP contribution is -2.27. The van der Waals surface area contributed by atoms with E-state index in [0.717, 1.165) is 57.5 Å². The Morgan fingerprint density at radius 3 is 2.12 bits per heavy atom. The van der Waals surface area contributed by atoms with Gasteiger partial charge in [0.25, 0.3) is 5.91 Å². The zero-order valence-corrected chi connectivity index (χ0v) is 15.2. The van der Waals surface area contributed by atoms with Gasteiger partial charge in [-0.1, -0.05) is 49.4 Å². The van der Waals surface area contributed by atoms with E-state index in [1.54, 1.807) is 0 Å². The maximum atomic E-state index is 12.4. The lowest BCUT2D eigenvalue weighted by Gasteiger charge is -2.22. The molecule has 1 amide bonds. The van der Waals surface area contributed by atoms with Gasteiger partial charge in [-0.15, -0.1) is 0 Å². The number of rotatable bonds is 7. The van der Waals surface area contributed by atoms with Crippen molar-refractivity contribution in [1.29, 1.82) is 0 Å². The Balaban J connectivity index is 1.62. The Labute approximate surface area is 151 Å². The predicted molar refractivity (Wildman–Crippen MR) is 102 cm³/mol. The highest BCUT2D eigenvalue weighted by atomic mass is 16.2. The molecule has 3 rings (SSSR count). The van der Waals surface area contributed by atoms with E-state index in [-0.39, 0.29) is 5.91 Å². The molecule has 0 bridgehead atoms. The molecule has 0 aromatic heterocycles. The normalized spacial score (nSPS) is 14.2. The SMILES string of the molecule is CCCN(Cc1ccccc1)Cc1ccc(C(=O)N2CCCC2)cc1. The van der Waals surface area contributed by atoms with E-state index in [0.29, 0.717) is 0 Å². The van der Waals surface area contributed by atoms with Gasteiger partial charge in [0.2, 0.25) is 0 Å². The predicted octanol–water partition coefficient (Wildman–Crippen LogP) is 4.33. The van der Waals surface area contributed by atoms with Crippen LogP contribution in [0.15, 0.2) is 54.6 Å². The molecule has 0 radical (unpaired) electrons. The van der Waals surface area contributed by atoms with E-state index in [9.17, 15) is 4.79 Å². The summed E-state index contributed by atoms with van der Waals surface area (Å²) >= 11 is 0. The van der Waals surface area contributed by atoms with Crippen LogP contribution < -0.4 is 0 Å². The van der Waals surface area contributed by atoms with Crippen LogP contribution in [0, 0.1) is 0 Å². The molecule has 1 heterocycles. The first-order chi connectivity index (χ1) is 12.3. The molecule has 0 aliphatic carbocycles. The van der Waals surface area contributed by atoms with E-state index in [2.05, 4.69) is 54.3 Å². The molecule has 3 nitrogen and oxygen atoms in total. The maximum absolute atomic E-state index is 12.4. The highest BCUT2D eigenvalue weighted by Crippen LogP contribution is 2.15. The fourth-order valence-electron chi connectivity index (χ4n) is 3.49. The summed E-state index contributed by atoms with van der Waals surface area (Å²) < 4.78 is 0. The van der Waals surface area contributed by atoms with Crippen LogP contribution in [-0.2, 0) is 13.1 Å². The summed E-state index contributed by atoms with van der Waals surface area (Å²) in [5.74, 6) is 0.179. The van der Waals surface area contributed by atoms with Gasteiger partial charge >= 0.3 is 0 Å². The smallest absolute Gasteiger partial charge is 0.253 e. The third kappa shape index (κ3) is 4.93. The van der Waals surface area contributed by atoms with Crippen LogP contribution in [0.5, 0.6) is 0 Å². The van der Waals surface area contributed by atoms with E-state index in [1.807, 2.05) is 17.0 Å². The second-order valence-electron chi connectivity index (χ2n) is 6.89. The number of carbonyl (C=O) groups is 1. The van der Waals surface area contributed by atoms with E-state index >= 15 is 0 Å². The zero-order valence-electron chi connectivity index (χ0n) is 15.2. The lowest BCUT2D eigenvalue weighted by molar-refractivity contribution is 0.0793. The summed E-state index contributed by atoms with van der Waals surface area (Å²) in [7, 11) is 0. The molecular formula is C22H28N2O. The van der Waals surface area contributed by atoms with Crippen LogP contribution >= 0.6 is 0 Å². The van der Waals surface area contributed by atoms with Crippen LogP contribution in [-0.4, -0.2) is 35.3 Å². The molecule has 2 aromatic rings. The van der Waals surface area contributed by atoms with Crippen LogP contribution in [0.1, 0.15) is 47.7 Å². The minimum absolute atomic E-state index is 0.179. The van der Waals surface area contributed by atoms with Crippen LogP contribution in [0.25, 0.3) is 0 Å². The fraction of sp³-hybridized carbons (Fsp3) is 0.409. The van der Waals surface area contributed by atoms with Crippen molar-refractivity contribution in [2.45, 2.75) is 39.3 Å². The summed E-state index contributed by atoms with van der Waals surface area (Å²) in [4.78, 5) is 16.9. The van der Waals surface area contributed by atoms with E-state index in [1.165, 1.54) is 11.1 Å². The Morgan fingerprint density at radius 2 is 1.52 bits per heavy atom. The number of likely N-dealkylation sites (tertiary alicyclic amines) is 1. The van der Waals surface area contributed by atoms with Crippen molar-refractivity contribution >= 4 is 5.91 Å². The highest BCUT2D eigenvalue weighted by Gasteiger charge is 2.19. The quantitative estimate of drug-likeness (QED) is 0.751. The van der Waals surface area contributed by atoms with Gasteiger partial charge in [0.1, 0.15) is 0 Å². The molecule has 1 aliphatic heterocycles. The highest BCUT2D eigenvalue weighted by molar-refractivity contribution is 5.94. The Kier molecular flexibility index (Phi) is 6.24. The van der Waals surface area contributed by atoms with Crippen LogP contribution in [0.4, 0.5) is 0 Å². The largest absolute Gasteiger partial charge is 0.339 e. The van der Waals surface area contributed by atoms with Gasteiger partial charge in [0, 0.05) is 31.7 Å². The summed E-state index contributed by atoms with van der Waals surface area (Å²) in [6.07, 6.45) is 3.41. The van der Waals surface area contributed by atoms with Crippen molar-refractivity contribution < 1.29 is 4.79 Å². The Morgan fingerprint density at radius 1 is 0.920 bits per heavy atom. The van der Waals surface area contributed by atoms with Gasteiger partial charge in [0.15, 0.2) is 0 Å². The summed E-state index contributed by atoms with van der Waals surface area (Å²) in [6.45, 7) is 6.98. The van der Waals surface area contributed by atoms with E-state index < -0.39 is 0 Å². The van der Waals surface area contributed by atoms with Crippen molar-refractivity contribution in [3.8, 4) is 0 Å². The monoisotopic (exact) mass is 336 g/mol. The van der Waals surface area contributed by atoms with Crippen molar-refractivity contribution in [3.05, 3.63) is 71.3 Å². The Hall–Kier alpha value is -2.13. The number of benzene rings is 2. The minimum atomic E-state index is 0.179. The van der Waals surface area contributed by atoms with Crippen molar-refractivity contribution in [3.63, 3.8) is 0 Å². The van der Waals surface area contributed by atoms with Gasteiger partial charge < -0.3 is 4.90 Å². The maximum Gasteiger partial charge on any atom is 0.253 e. The first-order valence-corrected chi connectivity index (χ1v) is 9.41. The summed E-state index contributed by atoms with van der Waals surface area (Å²) in [5.41, 5.74) is 3.43. The topological polar surface area (TPSA) is 23.6 Å². The standard InChI is InChI=1S/C22H28N2O/c1-2-14-23(17-19-8-4-3-5-9-19)18-20-10-12-21(13-11-20)22(25)24-15-6-7-16-24/h3-5,8-13H,2,6-7,14-18H2,1H3. The van der Waals surface area contributed by atoms with Gasteiger partial charge in [-0.25, -0.2) is 0 Å². The number of carbonyl (C=O) groups excluding carboxylic acids is 1. The molecule has 2 aromatic carbocycles. The fourth-order valence-corrected chi connectivity index (χ4v) is 3.49. The molecule has 0 atom stereocenters. The minimum Gasteiger partial charge on any atom is -0.339 e. The summed E-state index contributed by atoms with van der Waals surface area (Å²) in [6, 6.07) is 18.8. The average molecular weight is 336 g/mol. The molecular weight excluding hydrogens is 308 g/mol. The number of nitrogens with zero attached hydrogens (tertiary/aromatic N) is 2. The molecule has 0 unspecified atom stereocenters. The lowest BCUT2D eigenvalue weighted by atomic mass is 10.1. The second-order valence-corrected chi connectivity index (χ2v) is 6.89. The van der Waals surface area contributed by atoms with Gasteiger partial charge in [0.05, 0.1) is 0 Å². The molecule has 1 fully saturated rings. The van der Waals surface area contributed by atoms with Gasteiger partial charge in [-0.3, -0.25) is 9.69 Å². The molecule has 132 valence electrons. The summed E-state index contributed by atoms with van der Waals surface area (Å²) in [5, 5.41) is 0. The zero-order chi connectivity index (χ0) is 17.5. The van der Waals surface area contributed by atoms with Crippen LogP contribution in [0.2, 0.25) is 0 Å². The molecule has 0 spiro atoms. The molecule has 25 heavy (non-hydrogen) atoms.